The smallest absolute Gasteiger partial charge is 0.274 e. The van der Waals surface area contributed by atoms with E-state index in [-0.39, 0.29) is 11.6 Å². The number of hydrogen-bond donors (Lipinski definition) is 1. The zero-order chi connectivity index (χ0) is 14.4. The fraction of sp³-hybridized carbons (Fsp3) is 0.500. The van der Waals surface area contributed by atoms with Crippen molar-refractivity contribution in [3.8, 4) is 0 Å². The lowest BCUT2D eigenvalue weighted by molar-refractivity contribution is -0.385. The molecule has 0 fully saturated rings. The molecule has 0 heterocycles. The van der Waals surface area contributed by atoms with E-state index in [2.05, 4.69) is 12.2 Å². The third kappa shape index (κ3) is 4.69. The van der Waals surface area contributed by atoms with Gasteiger partial charge in [0.25, 0.3) is 5.69 Å². The lowest BCUT2D eigenvalue weighted by Crippen LogP contribution is -2.15. The van der Waals surface area contributed by atoms with Crippen LogP contribution >= 0.6 is 0 Å². The van der Waals surface area contributed by atoms with Gasteiger partial charge in [0.1, 0.15) is 0 Å². The summed E-state index contributed by atoms with van der Waals surface area (Å²) in [6.45, 7) is 5.78. The molecule has 0 aliphatic rings. The first-order valence-electron chi connectivity index (χ1n) is 6.49. The molecule has 0 spiro atoms. The highest BCUT2D eigenvalue weighted by Gasteiger charge is 2.13. The second-order valence-corrected chi connectivity index (χ2v) is 4.90. The molecule has 5 heteroatoms. The molecule has 1 atom stereocenters. The van der Waals surface area contributed by atoms with Gasteiger partial charge in [0.05, 0.1) is 4.92 Å². The minimum absolute atomic E-state index is 0.0272. The van der Waals surface area contributed by atoms with Gasteiger partial charge < -0.3 is 5.32 Å². The molecule has 1 rings (SSSR count). The molecule has 19 heavy (non-hydrogen) atoms. The number of carbonyl (C=O) groups excluding carboxylic acids is 1. The molecule has 1 aromatic carbocycles. The Morgan fingerprint density at radius 2 is 2.16 bits per heavy atom. The topological polar surface area (TPSA) is 72.2 Å². The molecule has 1 N–H and O–H groups in total. The SMILES string of the molecule is CCCC(C)CC(=O)Nc1ccc(C)c([N+](=O)[O-])c1. The maximum Gasteiger partial charge on any atom is 0.274 e. The molecule has 0 radical (unpaired) electrons. The van der Waals surface area contributed by atoms with Crippen LogP contribution in [-0.2, 0) is 4.79 Å². The summed E-state index contributed by atoms with van der Waals surface area (Å²) in [5.41, 5.74) is 1.09. The Balaban J connectivity index is 2.69. The average Bonchev–Trinajstić information content (AvgIpc) is 2.31. The number of hydrogen-bond acceptors (Lipinski definition) is 3. The van der Waals surface area contributed by atoms with Crippen LogP contribution in [0, 0.1) is 23.0 Å². The van der Waals surface area contributed by atoms with Crippen molar-refractivity contribution in [2.24, 2.45) is 5.92 Å². The number of anilines is 1. The molecule has 0 saturated carbocycles. The zero-order valence-electron chi connectivity index (χ0n) is 11.6. The van der Waals surface area contributed by atoms with E-state index in [0.717, 1.165) is 12.8 Å². The van der Waals surface area contributed by atoms with E-state index in [1.54, 1.807) is 19.1 Å². The Morgan fingerprint density at radius 1 is 1.47 bits per heavy atom. The predicted molar refractivity (Wildman–Crippen MR) is 75.2 cm³/mol. The van der Waals surface area contributed by atoms with E-state index in [9.17, 15) is 14.9 Å². The molecular formula is C14H20N2O3. The molecule has 5 nitrogen and oxygen atoms in total. The predicted octanol–water partition coefficient (Wildman–Crippen LogP) is 3.67. The lowest BCUT2D eigenvalue weighted by Gasteiger charge is -2.10. The fourth-order valence-electron chi connectivity index (χ4n) is 2.01. The number of carbonyl (C=O) groups is 1. The second-order valence-electron chi connectivity index (χ2n) is 4.90. The number of nitro groups is 1. The van der Waals surface area contributed by atoms with Crippen LogP contribution in [0.15, 0.2) is 18.2 Å². The molecule has 0 aromatic heterocycles. The normalized spacial score (nSPS) is 11.9. The van der Waals surface area contributed by atoms with E-state index >= 15 is 0 Å². The summed E-state index contributed by atoms with van der Waals surface area (Å²) >= 11 is 0. The van der Waals surface area contributed by atoms with Gasteiger partial charge in [0, 0.05) is 23.7 Å². The highest BCUT2D eigenvalue weighted by molar-refractivity contribution is 5.91. The molecule has 0 saturated heterocycles. The highest BCUT2D eigenvalue weighted by atomic mass is 16.6. The Bertz CT molecular complexity index is 472. The van der Waals surface area contributed by atoms with Crippen molar-refractivity contribution in [1.29, 1.82) is 0 Å². The number of benzene rings is 1. The molecule has 104 valence electrons. The summed E-state index contributed by atoms with van der Waals surface area (Å²) < 4.78 is 0. The monoisotopic (exact) mass is 264 g/mol. The quantitative estimate of drug-likeness (QED) is 0.629. The van der Waals surface area contributed by atoms with Crippen LogP contribution in [0.2, 0.25) is 0 Å². The Kier molecular flexibility index (Phi) is 5.48. The van der Waals surface area contributed by atoms with Crippen molar-refractivity contribution in [2.75, 3.05) is 5.32 Å². The molecule has 0 bridgehead atoms. The first kappa shape index (κ1) is 15.1. The summed E-state index contributed by atoms with van der Waals surface area (Å²) in [5.74, 6) is 0.226. The van der Waals surface area contributed by atoms with Crippen LogP contribution in [0.5, 0.6) is 0 Å². The van der Waals surface area contributed by atoms with E-state index in [4.69, 9.17) is 0 Å². The fourth-order valence-corrected chi connectivity index (χ4v) is 2.01. The van der Waals surface area contributed by atoms with Gasteiger partial charge in [-0.15, -0.1) is 0 Å². The van der Waals surface area contributed by atoms with Gasteiger partial charge in [-0.3, -0.25) is 14.9 Å². The van der Waals surface area contributed by atoms with Gasteiger partial charge in [-0.1, -0.05) is 32.8 Å². The number of nitro benzene ring substituents is 1. The number of nitrogens with one attached hydrogen (secondary N) is 1. The van der Waals surface area contributed by atoms with E-state index in [1.165, 1.54) is 6.07 Å². The van der Waals surface area contributed by atoms with Crippen molar-refractivity contribution in [3.05, 3.63) is 33.9 Å². The van der Waals surface area contributed by atoms with Crippen molar-refractivity contribution in [2.45, 2.75) is 40.0 Å². The van der Waals surface area contributed by atoms with Gasteiger partial charge >= 0.3 is 0 Å². The first-order chi connectivity index (χ1) is 8.93. The number of aryl methyl sites for hydroxylation is 1. The van der Waals surface area contributed by atoms with Crippen molar-refractivity contribution in [3.63, 3.8) is 0 Å². The van der Waals surface area contributed by atoms with Crippen LogP contribution in [0.1, 0.15) is 38.7 Å². The van der Waals surface area contributed by atoms with Crippen LogP contribution in [0.25, 0.3) is 0 Å². The van der Waals surface area contributed by atoms with Gasteiger partial charge in [0.15, 0.2) is 0 Å². The van der Waals surface area contributed by atoms with Gasteiger partial charge in [0.2, 0.25) is 5.91 Å². The van der Waals surface area contributed by atoms with Crippen LogP contribution in [0.3, 0.4) is 0 Å². The summed E-state index contributed by atoms with van der Waals surface area (Å²) in [5, 5.41) is 13.5. The van der Waals surface area contributed by atoms with E-state index in [1.807, 2.05) is 6.92 Å². The highest BCUT2D eigenvalue weighted by Crippen LogP contribution is 2.22. The van der Waals surface area contributed by atoms with Crippen molar-refractivity contribution >= 4 is 17.3 Å². The Labute approximate surface area is 113 Å². The van der Waals surface area contributed by atoms with E-state index < -0.39 is 4.92 Å². The zero-order valence-corrected chi connectivity index (χ0v) is 11.6. The molecule has 1 unspecified atom stereocenters. The first-order valence-corrected chi connectivity index (χ1v) is 6.49. The molecule has 1 amide bonds. The van der Waals surface area contributed by atoms with Crippen molar-refractivity contribution in [1.82, 2.24) is 0 Å². The number of nitrogens with zero attached hydrogens (tertiary/aromatic N) is 1. The van der Waals surface area contributed by atoms with Crippen molar-refractivity contribution < 1.29 is 9.72 Å². The molecule has 0 aliphatic carbocycles. The Hall–Kier alpha value is -1.91. The number of rotatable bonds is 6. The summed E-state index contributed by atoms with van der Waals surface area (Å²) in [6.07, 6.45) is 2.49. The van der Waals surface area contributed by atoms with Gasteiger partial charge in [-0.05, 0) is 18.9 Å². The molecular weight excluding hydrogens is 244 g/mol. The van der Waals surface area contributed by atoms with Crippen LogP contribution in [-0.4, -0.2) is 10.8 Å². The third-order valence-electron chi connectivity index (χ3n) is 3.00. The third-order valence-corrected chi connectivity index (χ3v) is 3.00. The van der Waals surface area contributed by atoms with Crippen LogP contribution in [0.4, 0.5) is 11.4 Å². The Morgan fingerprint density at radius 3 is 2.74 bits per heavy atom. The minimum atomic E-state index is -0.440. The van der Waals surface area contributed by atoms with Gasteiger partial charge in [-0.2, -0.15) is 0 Å². The molecule has 0 aliphatic heterocycles. The molecule has 1 aromatic rings. The second kappa shape index (κ2) is 6.87. The summed E-state index contributed by atoms with van der Waals surface area (Å²) in [6, 6.07) is 4.73. The standard InChI is InChI=1S/C14H20N2O3/c1-4-5-10(2)8-14(17)15-12-7-6-11(3)13(9-12)16(18)19/h6-7,9-10H,4-5,8H2,1-3H3,(H,15,17). The minimum Gasteiger partial charge on any atom is -0.326 e. The summed E-state index contributed by atoms with van der Waals surface area (Å²) in [7, 11) is 0. The maximum absolute atomic E-state index is 11.8. The maximum atomic E-state index is 11.8. The van der Waals surface area contributed by atoms with Gasteiger partial charge in [-0.25, -0.2) is 0 Å². The summed E-state index contributed by atoms with van der Waals surface area (Å²) in [4.78, 5) is 22.2. The van der Waals surface area contributed by atoms with Crippen LogP contribution < -0.4 is 5.32 Å². The number of amides is 1. The average molecular weight is 264 g/mol. The van der Waals surface area contributed by atoms with E-state index in [0.29, 0.717) is 23.6 Å². The lowest BCUT2D eigenvalue weighted by atomic mass is 10.0. The largest absolute Gasteiger partial charge is 0.326 e.